The van der Waals surface area contributed by atoms with E-state index in [0.29, 0.717) is 18.2 Å². The minimum Gasteiger partial charge on any atom is -0.380 e. The van der Waals surface area contributed by atoms with Crippen molar-refractivity contribution in [1.82, 2.24) is 10.2 Å². The van der Waals surface area contributed by atoms with Crippen LogP contribution in [-0.4, -0.2) is 49.8 Å². The zero-order chi connectivity index (χ0) is 13.1. The Labute approximate surface area is 112 Å². The first-order chi connectivity index (χ1) is 8.65. The van der Waals surface area contributed by atoms with E-state index in [0.717, 1.165) is 24.9 Å². The average Bonchev–Trinajstić information content (AvgIpc) is 2.77. The molecule has 18 heavy (non-hydrogen) atoms. The Morgan fingerprint density at radius 2 is 2.06 bits per heavy atom. The highest BCUT2D eigenvalue weighted by Gasteiger charge is 2.39. The van der Waals surface area contributed by atoms with Crippen LogP contribution in [0.25, 0.3) is 0 Å². The van der Waals surface area contributed by atoms with E-state index in [9.17, 15) is 0 Å². The van der Waals surface area contributed by atoms with Crippen LogP contribution >= 0.6 is 0 Å². The van der Waals surface area contributed by atoms with Crippen molar-refractivity contribution in [3.8, 4) is 0 Å². The second-order valence-electron chi connectivity index (χ2n) is 6.35. The Kier molecular flexibility index (Phi) is 5.05. The number of methoxy groups -OCH3 is 1. The van der Waals surface area contributed by atoms with E-state index in [1.54, 1.807) is 0 Å². The van der Waals surface area contributed by atoms with Gasteiger partial charge in [0.15, 0.2) is 0 Å². The molecular formula is C15H30N2O. The molecule has 0 amide bonds. The molecule has 0 radical (unpaired) electrons. The van der Waals surface area contributed by atoms with Crippen LogP contribution < -0.4 is 5.32 Å². The first-order valence-corrected chi connectivity index (χ1v) is 7.65. The Morgan fingerprint density at radius 1 is 1.28 bits per heavy atom. The molecule has 2 aliphatic rings. The lowest BCUT2D eigenvalue weighted by Crippen LogP contribution is -2.56. The van der Waals surface area contributed by atoms with Gasteiger partial charge in [-0.1, -0.05) is 20.8 Å². The van der Waals surface area contributed by atoms with Crippen LogP contribution in [-0.2, 0) is 4.74 Å². The average molecular weight is 254 g/mol. The summed E-state index contributed by atoms with van der Waals surface area (Å²) in [5.74, 6) is 1.66. The fraction of sp³-hybridized carbons (Fsp3) is 1.00. The summed E-state index contributed by atoms with van der Waals surface area (Å²) in [5, 5.41) is 3.72. The number of likely N-dealkylation sites (tertiary alicyclic amines) is 1. The SMILES string of the molecule is CCNC1CC(C)CC(C)C1N1CCC(OC)C1. The topological polar surface area (TPSA) is 24.5 Å². The molecule has 0 bridgehead atoms. The van der Waals surface area contributed by atoms with Gasteiger partial charge in [-0.05, 0) is 37.6 Å². The molecule has 0 aromatic rings. The molecule has 1 heterocycles. The molecule has 1 N–H and O–H groups in total. The number of hydrogen-bond donors (Lipinski definition) is 1. The molecule has 1 aliphatic heterocycles. The van der Waals surface area contributed by atoms with E-state index < -0.39 is 0 Å². The predicted octanol–water partition coefficient (Wildman–Crippen LogP) is 2.12. The first-order valence-electron chi connectivity index (χ1n) is 7.65. The van der Waals surface area contributed by atoms with Crippen LogP contribution in [0.3, 0.4) is 0 Å². The van der Waals surface area contributed by atoms with Crippen molar-refractivity contribution in [1.29, 1.82) is 0 Å². The van der Waals surface area contributed by atoms with E-state index in [1.165, 1.54) is 25.8 Å². The van der Waals surface area contributed by atoms with Gasteiger partial charge in [0.2, 0.25) is 0 Å². The number of likely N-dealkylation sites (N-methyl/N-ethyl adjacent to an activating group) is 1. The van der Waals surface area contributed by atoms with Gasteiger partial charge < -0.3 is 10.1 Å². The van der Waals surface area contributed by atoms with Gasteiger partial charge in [0, 0.05) is 32.3 Å². The summed E-state index contributed by atoms with van der Waals surface area (Å²) >= 11 is 0. The zero-order valence-corrected chi connectivity index (χ0v) is 12.5. The quantitative estimate of drug-likeness (QED) is 0.832. The third kappa shape index (κ3) is 3.06. The van der Waals surface area contributed by atoms with E-state index in [1.807, 2.05) is 7.11 Å². The van der Waals surface area contributed by atoms with Gasteiger partial charge in [-0.25, -0.2) is 0 Å². The fourth-order valence-electron chi connectivity index (χ4n) is 4.14. The van der Waals surface area contributed by atoms with Crippen molar-refractivity contribution in [3.63, 3.8) is 0 Å². The highest BCUT2D eigenvalue weighted by Crippen LogP contribution is 2.34. The van der Waals surface area contributed by atoms with Crippen molar-refractivity contribution < 1.29 is 4.74 Å². The highest BCUT2D eigenvalue weighted by atomic mass is 16.5. The molecular weight excluding hydrogens is 224 g/mol. The third-order valence-corrected chi connectivity index (χ3v) is 4.82. The Morgan fingerprint density at radius 3 is 2.67 bits per heavy atom. The molecule has 5 atom stereocenters. The Bertz CT molecular complexity index is 259. The summed E-state index contributed by atoms with van der Waals surface area (Å²) in [5.41, 5.74) is 0. The second kappa shape index (κ2) is 6.36. The van der Waals surface area contributed by atoms with Gasteiger partial charge in [-0.15, -0.1) is 0 Å². The van der Waals surface area contributed by atoms with Crippen molar-refractivity contribution >= 4 is 0 Å². The first kappa shape index (κ1) is 14.3. The number of nitrogens with one attached hydrogen (secondary N) is 1. The molecule has 0 spiro atoms. The number of nitrogens with zero attached hydrogens (tertiary/aromatic N) is 1. The molecule has 5 unspecified atom stereocenters. The van der Waals surface area contributed by atoms with E-state index >= 15 is 0 Å². The van der Waals surface area contributed by atoms with E-state index in [-0.39, 0.29) is 0 Å². The lowest BCUT2D eigenvalue weighted by Gasteiger charge is -2.44. The smallest absolute Gasteiger partial charge is 0.0710 e. The lowest BCUT2D eigenvalue weighted by atomic mass is 9.76. The van der Waals surface area contributed by atoms with Crippen LogP contribution in [0.1, 0.15) is 40.0 Å². The number of rotatable bonds is 4. The molecule has 1 saturated heterocycles. The minimum atomic E-state index is 0.457. The third-order valence-electron chi connectivity index (χ3n) is 4.82. The van der Waals surface area contributed by atoms with E-state index in [2.05, 4.69) is 31.0 Å². The van der Waals surface area contributed by atoms with Crippen LogP contribution in [0.5, 0.6) is 0 Å². The molecule has 2 rings (SSSR count). The van der Waals surface area contributed by atoms with Gasteiger partial charge >= 0.3 is 0 Å². The molecule has 3 nitrogen and oxygen atoms in total. The maximum absolute atomic E-state index is 5.52. The maximum atomic E-state index is 5.52. The largest absolute Gasteiger partial charge is 0.380 e. The highest BCUT2D eigenvalue weighted by molar-refractivity contribution is 4.96. The molecule has 1 aliphatic carbocycles. The maximum Gasteiger partial charge on any atom is 0.0710 e. The normalized spacial score (nSPS) is 42.3. The molecule has 3 heteroatoms. The lowest BCUT2D eigenvalue weighted by molar-refractivity contribution is 0.0562. The second-order valence-corrected chi connectivity index (χ2v) is 6.35. The van der Waals surface area contributed by atoms with Crippen LogP contribution in [0.2, 0.25) is 0 Å². The number of hydrogen-bond acceptors (Lipinski definition) is 3. The molecule has 1 saturated carbocycles. The summed E-state index contributed by atoms with van der Waals surface area (Å²) in [6.07, 6.45) is 4.37. The minimum absolute atomic E-state index is 0.457. The summed E-state index contributed by atoms with van der Waals surface area (Å²) < 4.78 is 5.52. The summed E-state index contributed by atoms with van der Waals surface area (Å²) in [6, 6.07) is 1.38. The molecule has 106 valence electrons. The predicted molar refractivity (Wildman–Crippen MR) is 75.8 cm³/mol. The molecule has 0 aromatic heterocycles. The van der Waals surface area contributed by atoms with Crippen LogP contribution in [0.15, 0.2) is 0 Å². The van der Waals surface area contributed by atoms with Crippen molar-refractivity contribution in [2.75, 3.05) is 26.7 Å². The van der Waals surface area contributed by atoms with Crippen molar-refractivity contribution in [3.05, 3.63) is 0 Å². The van der Waals surface area contributed by atoms with Crippen molar-refractivity contribution in [2.24, 2.45) is 11.8 Å². The fourth-order valence-corrected chi connectivity index (χ4v) is 4.14. The zero-order valence-electron chi connectivity index (χ0n) is 12.5. The van der Waals surface area contributed by atoms with Gasteiger partial charge in [0.25, 0.3) is 0 Å². The molecule has 2 fully saturated rings. The Hall–Kier alpha value is -0.120. The van der Waals surface area contributed by atoms with Gasteiger partial charge in [-0.3, -0.25) is 4.90 Å². The van der Waals surface area contributed by atoms with Crippen molar-refractivity contribution in [2.45, 2.75) is 58.2 Å². The van der Waals surface area contributed by atoms with Crippen LogP contribution in [0, 0.1) is 11.8 Å². The van der Waals surface area contributed by atoms with Gasteiger partial charge in [0.1, 0.15) is 0 Å². The van der Waals surface area contributed by atoms with Gasteiger partial charge in [0.05, 0.1) is 6.10 Å². The van der Waals surface area contributed by atoms with Gasteiger partial charge in [-0.2, -0.15) is 0 Å². The monoisotopic (exact) mass is 254 g/mol. The Balaban J connectivity index is 2.02. The number of ether oxygens (including phenoxy) is 1. The van der Waals surface area contributed by atoms with E-state index in [4.69, 9.17) is 4.74 Å². The van der Waals surface area contributed by atoms with Crippen LogP contribution in [0.4, 0.5) is 0 Å². The standard InChI is InChI=1S/C15H30N2O/c1-5-16-14-9-11(2)8-12(3)15(14)17-7-6-13(10-17)18-4/h11-16H,5-10H2,1-4H3. The molecule has 0 aromatic carbocycles. The summed E-state index contributed by atoms with van der Waals surface area (Å²) in [6.45, 7) is 10.5. The summed E-state index contributed by atoms with van der Waals surface area (Å²) in [7, 11) is 1.85. The summed E-state index contributed by atoms with van der Waals surface area (Å²) in [4.78, 5) is 2.68.